The molecule has 1 aliphatic rings. The van der Waals surface area contributed by atoms with Crippen molar-refractivity contribution in [1.82, 2.24) is 10.4 Å². The average Bonchev–Trinajstić information content (AvgIpc) is 2.75. The Morgan fingerprint density at radius 1 is 1.42 bits per heavy atom. The highest BCUT2D eigenvalue weighted by Gasteiger charge is 2.22. The quantitative estimate of drug-likeness (QED) is 0.664. The number of nitrogens with zero attached hydrogens (tertiary/aromatic N) is 1. The van der Waals surface area contributed by atoms with Crippen molar-refractivity contribution in [2.24, 2.45) is 5.84 Å². The maximum absolute atomic E-state index is 5.77. The van der Waals surface area contributed by atoms with Crippen LogP contribution in [0.4, 0.5) is 0 Å². The standard InChI is InChI=1S/C15H19N3S/c1-10-15(19-9-17-10)14(18-16)13-7-3-6-12(8-13)11-4-2-5-11/h3,6-9,11,14,18H,2,4-5,16H2,1H3. The molecule has 4 heteroatoms. The second-order valence-electron chi connectivity index (χ2n) is 5.20. The molecule has 0 aliphatic heterocycles. The van der Waals surface area contributed by atoms with E-state index in [0.29, 0.717) is 0 Å². The van der Waals surface area contributed by atoms with Crippen molar-refractivity contribution >= 4 is 11.3 Å². The minimum atomic E-state index is 0.0486. The van der Waals surface area contributed by atoms with Gasteiger partial charge in [-0.3, -0.25) is 5.84 Å². The van der Waals surface area contributed by atoms with Gasteiger partial charge in [0.2, 0.25) is 0 Å². The van der Waals surface area contributed by atoms with Gasteiger partial charge in [-0.05, 0) is 36.8 Å². The molecule has 1 aromatic carbocycles. The molecule has 19 heavy (non-hydrogen) atoms. The number of aromatic nitrogens is 1. The summed E-state index contributed by atoms with van der Waals surface area (Å²) in [7, 11) is 0. The third-order valence-electron chi connectivity index (χ3n) is 4.03. The number of nitrogens with two attached hydrogens (primary N) is 1. The van der Waals surface area contributed by atoms with Crippen LogP contribution < -0.4 is 11.3 Å². The predicted octanol–water partition coefficient (Wildman–Crippen LogP) is 3.27. The molecule has 0 saturated heterocycles. The molecule has 0 bridgehead atoms. The van der Waals surface area contributed by atoms with Crippen LogP contribution in [0.15, 0.2) is 29.8 Å². The molecule has 0 amide bonds. The van der Waals surface area contributed by atoms with E-state index in [1.165, 1.54) is 35.3 Å². The molecule has 1 aliphatic carbocycles. The predicted molar refractivity (Wildman–Crippen MR) is 79.1 cm³/mol. The third-order valence-corrected chi connectivity index (χ3v) is 5.03. The van der Waals surface area contributed by atoms with Crippen molar-refractivity contribution in [2.45, 2.75) is 38.1 Å². The van der Waals surface area contributed by atoms with Gasteiger partial charge in [-0.2, -0.15) is 0 Å². The highest BCUT2D eigenvalue weighted by Crippen LogP contribution is 2.37. The molecule has 100 valence electrons. The molecule has 3 rings (SSSR count). The second kappa shape index (κ2) is 5.41. The second-order valence-corrected chi connectivity index (χ2v) is 6.09. The average molecular weight is 273 g/mol. The van der Waals surface area contributed by atoms with Crippen LogP contribution in [0.5, 0.6) is 0 Å². The van der Waals surface area contributed by atoms with E-state index in [1.54, 1.807) is 11.3 Å². The smallest absolute Gasteiger partial charge is 0.0821 e. The van der Waals surface area contributed by atoms with Crippen LogP contribution in [0, 0.1) is 6.92 Å². The van der Waals surface area contributed by atoms with E-state index < -0.39 is 0 Å². The molecule has 0 spiro atoms. The molecule has 0 radical (unpaired) electrons. The minimum Gasteiger partial charge on any atom is -0.271 e. The molecular formula is C15H19N3S. The zero-order chi connectivity index (χ0) is 13.2. The first-order chi connectivity index (χ1) is 9.29. The zero-order valence-corrected chi connectivity index (χ0v) is 11.9. The Morgan fingerprint density at radius 2 is 2.26 bits per heavy atom. The topological polar surface area (TPSA) is 50.9 Å². The van der Waals surface area contributed by atoms with Crippen LogP contribution >= 0.6 is 11.3 Å². The Bertz CT molecular complexity index is 560. The number of nitrogens with one attached hydrogen (secondary N) is 1. The van der Waals surface area contributed by atoms with Crippen molar-refractivity contribution in [3.05, 3.63) is 51.5 Å². The van der Waals surface area contributed by atoms with Crippen molar-refractivity contribution in [3.8, 4) is 0 Å². The monoisotopic (exact) mass is 273 g/mol. The largest absolute Gasteiger partial charge is 0.271 e. The van der Waals surface area contributed by atoms with Crippen LogP contribution in [0.3, 0.4) is 0 Å². The highest BCUT2D eigenvalue weighted by atomic mass is 32.1. The number of hydrogen-bond donors (Lipinski definition) is 2. The van der Waals surface area contributed by atoms with Gasteiger partial charge in [0.25, 0.3) is 0 Å². The van der Waals surface area contributed by atoms with Gasteiger partial charge >= 0.3 is 0 Å². The third kappa shape index (κ3) is 2.43. The Hall–Kier alpha value is -1.23. The lowest BCUT2D eigenvalue weighted by atomic mass is 9.79. The summed E-state index contributed by atoms with van der Waals surface area (Å²) in [4.78, 5) is 5.52. The fraction of sp³-hybridized carbons (Fsp3) is 0.400. The van der Waals surface area contributed by atoms with Crippen LogP contribution in [0.25, 0.3) is 0 Å². The first-order valence-corrected chi connectivity index (χ1v) is 7.63. The van der Waals surface area contributed by atoms with Gasteiger partial charge in [-0.1, -0.05) is 30.7 Å². The van der Waals surface area contributed by atoms with E-state index in [2.05, 4.69) is 34.7 Å². The van der Waals surface area contributed by atoms with E-state index in [9.17, 15) is 0 Å². The number of rotatable bonds is 4. The fourth-order valence-corrected chi connectivity index (χ4v) is 3.53. The molecule has 1 saturated carbocycles. The van der Waals surface area contributed by atoms with Crippen LogP contribution in [0.1, 0.15) is 52.9 Å². The molecule has 1 unspecified atom stereocenters. The van der Waals surface area contributed by atoms with Gasteiger partial charge in [-0.25, -0.2) is 10.4 Å². The summed E-state index contributed by atoms with van der Waals surface area (Å²) in [6.07, 6.45) is 4.01. The summed E-state index contributed by atoms with van der Waals surface area (Å²) >= 11 is 1.66. The highest BCUT2D eigenvalue weighted by molar-refractivity contribution is 7.09. The van der Waals surface area contributed by atoms with Crippen molar-refractivity contribution < 1.29 is 0 Å². The number of hydrogen-bond acceptors (Lipinski definition) is 4. The Labute approximate surface area is 117 Å². The van der Waals surface area contributed by atoms with Crippen molar-refractivity contribution in [1.29, 1.82) is 0 Å². The van der Waals surface area contributed by atoms with E-state index in [0.717, 1.165) is 11.6 Å². The van der Waals surface area contributed by atoms with E-state index >= 15 is 0 Å². The van der Waals surface area contributed by atoms with Crippen LogP contribution in [-0.2, 0) is 0 Å². The van der Waals surface area contributed by atoms with Gasteiger partial charge in [0, 0.05) is 0 Å². The molecule has 3 N–H and O–H groups in total. The lowest BCUT2D eigenvalue weighted by Crippen LogP contribution is -2.28. The summed E-state index contributed by atoms with van der Waals surface area (Å²) in [6.45, 7) is 2.03. The number of aryl methyl sites for hydroxylation is 1. The maximum Gasteiger partial charge on any atom is 0.0821 e. The molecule has 1 atom stereocenters. The Kier molecular flexibility index (Phi) is 3.64. The number of thiazole rings is 1. The normalized spacial score (nSPS) is 17.2. The Morgan fingerprint density at radius 3 is 2.84 bits per heavy atom. The fourth-order valence-electron chi connectivity index (χ4n) is 2.65. The first-order valence-electron chi connectivity index (χ1n) is 6.75. The SMILES string of the molecule is Cc1ncsc1C(NN)c1cccc(C2CCC2)c1. The van der Waals surface area contributed by atoms with Crippen molar-refractivity contribution in [3.63, 3.8) is 0 Å². The van der Waals surface area contributed by atoms with Crippen molar-refractivity contribution in [2.75, 3.05) is 0 Å². The summed E-state index contributed by atoms with van der Waals surface area (Å²) in [5.74, 6) is 6.52. The lowest BCUT2D eigenvalue weighted by Gasteiger charge is -2.27. The van der Waals surface area contributed by atoms with Gasteiger partial charge in [0.05, 0.1) is 22.1 Å². The van der Waals surface area contributed by atoms with Gasteiger partial charge in [0.15, 0.2) is 0 Å². The summed E-state index contributed by atoms with van der Waals surface area (Å²) in [5.41, 5.74) is 8.56. The first kappa shape index (κ1) is 12.8. The minimum absolute atomic E-state index is 0.0486. The molecule has 2 aromatic rings. The van der Waals surface area contributed by atoms with Gasteiger partial charge < -0.3 is 0 Å². The summed E-state index contributed by atoms with van der Waals surface area (Å²) in [6, 6.07) is 8.87. The van der Waals surface area contributed by atoms with E-state index in [-0.39, 0.29) is 6.04 Å². The summed E-state index contributed by atoms with van der Waals surface area (Å²) < 4.78 is 0. The van der Waals surface area contributed by atoms with Crippen LogP contribution in [-0.4, -0.2) is 4.98 Å². The summed E-state index contributed by atoms with van der Waals surface area (Å²) in [5, 5.41) is 0. The van der Waals surface area contributed by atoms with E-state index in [4.69, 9.17) is 5.84 Å². The molecule has 1 aromatic heterocycles. The maximum atomic E-state index is 5.77. The van der Waals surface area contributed by atoms with Gasteiger partial charge in [0.1, 0.15) is 0 Å². The molecule has 1 fully saturated rings. The molecule has 3 nitrogen and oxygen atoms in total. The van der Waals surface area contributed by atoms with Crippen LogP contribution in [0.2, 0.25) is 0 Å². The number of benzene rings is 1. The molecule has 1 heterocycles. The Balaban J connectivity index is 1.93. The number of hydrazine groups is 1. The van der Waals surface area contributed by atoms with Gasteiger partial charge in [-0.15, -0.1) is 11.3 Å². The van der Waals surface area contributed by atoms with E-state index in [1.807, 2.05) is 12.4 Å². The lowest BCUT2D eigenvalue weighted by molar-refractivity contribution is 0.419. The molecular weight excluding hydrogens is 254 g/mol. The zero-order valence-electron chi connectivity index (χ0n) is 11.1.